The fraction of sp³-hybridized carbons (Fsp3) is 0.188. The van der Waals surface area contributed by atoms with Gasteiger partial charge in [0.15, 0.2) is 23.0 Å². The minimum Gasteiger partial charge on any atom is -0.493 e. The number of esters is 1. The lowest BCUT2D eigenvalue weighted by molar-refractivity contribution is 0.0591. The van der Waals surface area contributed by atoms with Crippen LogP contribution in [0.1, 0.15) is 15.4 Å². The van der Waals surface area contributed by atoms with Crippen molar-refractivity contribution in [1.29, 1.82) is 0 Å². The van der Waals surface area contributed by atoms with Crippen LogP contribution in [0.5, 0.6) is 28.7 Å². The van der Waals surface area contributed by atoms with E-state index in [9.17, 15) is 9.59 Å². The molecule has 2 aromatic heterocycles. The number of carbonyl (C=O) groups excluding carboxylic acids is 1. The number of nitrogens with zero attached hydrogens (tertiary/aromatic N) is 1. The van der Waals surface area contributed by atoms with Gasteiger partial charge in [-0.25, -0.2) is 4.79 Å². The molecule has 10 nitrogen and oxygen atoms in total. The van der Waals surface area contributed by atoms with Gasteiger partial charge in [0.1, 0.15) is 12.3 Å². The Morgan fingerprint density at radius 1 is 0.818 bits per heavy atom. The van der Waals surface area contributed by atoms with Crippen molar-refractivity contribution in [1.82, 2.24) is 4.57 Å². The van der Waals surface area contributed by atoms with Crippen LogP contribution in [0.2, 0.25) is 0 Å². The normalized spacial score (nSPS) is 10.6. The molecular weight excluding hydrogens is 608 g/mol. The van der Waals surface area contributed by atoms with Gasteiger partial charge < -0.3 is 34.2 Å². The summed E-state index contributed by atoms with van der Waals surface area (Å²) >= 11 is 1.55. The predicted molar refractivity (Wildman–Crippen MR) is 173 cm³/mol. The van der Waals surface area contributed by atoms with Crippen LogP contribution in [0.15, 0.2) is 70.8 Å². The van der Waals surface area contributed by atoms with Crippen molar-refractivity contribution in [3.8, 4) is 45.6 Å². The van der Waals surface area contributed by atoms with Crippen LogP contribution in [0.4, 0.5) is 5.69 Å². The quantitative estimate of drug-likeness (QED) is 0.142. The fourth-order valence-corrected chi connectivity index (χ4v) is 5.51. The van der Waals surface area contributed by atoms with Crippen LogP contribution >= 0.6 is 23.7 Å². The van der Waals surface area contributed by atoms with Crippen LogP contribution in [0.25, 0.3) is 27.6 Å². The average molecular weight is 639 g/mol. The van der Waals surface area contributed by atoms with Gasteiger partial charge in [0, 0.05) is 27.2 Å². The molecular formula is C32H31ClN2O8S. The van der Waals surface area contributed by atoms with Crippen molar-refractivity contribution in [3.63, 3.8) is 0 Å². The molecule has 0 aliphatic rings. The average Bonchev–Trinajstić information content (AvgIpc) is 3.56. The van der Waals surface area contributed by atoms with Crippen molar-refractivity contribution in [2.24, 2.45) is 0 Å². The Hall–Kier alpha value is -4.87. The Bertz CT molecular complexity index is 1830. The summed E-state index contributed by atoms with van der Waals surface area (Å²) in [6.07, 6.45) is 0. The number of methoxy groups -OCH3 is 5. The molecule has 0 aliphatic carbocycles. The number of nitrogen functional groups attached to an aromatic ring is 1. The summed E-state index contributed by atoms with van der Waals surface area (Å²) in [5.74, 6) is 1.08. The number of nitrogens with two attached hydrogens (primary N) is 1. The number of carbonyl (C=O) groups is 1. The van der Waals surface area contributed by atoms with Crippen LogP contribution in [0.3, 0.4) is 0 Å². The molecule has 0 spiro atoms. The molecule has 12 heteroatoms. The van der Waals surface area contributed by atoms with Crippen molar-refractivity contribution in [2.45, 2.75) is 6.61 Å². The number of aromatic nitrogens is 1. The summed E-state index contributed by atoms with van der Waals surface area (Å²) in [5.41, 5.74) is 7.23. The Morgan fingerprint density at radius 3 is 2.00 bits per heavy atom. The molecule has 2 N–H and O–H groups in total. The lowest BCUT2D eigenvalue weighted by Crippen LogP contribution is -2.27. The molecule has 0 saturated carbocycles. The standard InChI is InChI=1S/C32H30N2O8S.ClH/c1-37-24-15-22-23(16-25(24)42-17-21-7-6-12-43-21)31(35)34(20-10-8-19(33)9-11-20)29(32(36)41-5)28(22)18-13-26(38-2)30(40-4)27(14-18)39-3;/h6-16H,17,33H2,1-5H3;1H. The number of hydrogen-bond donors (Lipinski definition) is 1. The maximum atomic E-state index is 14.3. The van der Waals surface area contributed by atoms with E-state index in [0.29, 0.717) is 56.6 Å². The third-order valence-corrected chi connectivity index (χ3v) is 7.75. The zero-order valence-corrected chi connectivity index (χ0v) is 26.3. The van der Waals surface area contributed by atoms with Crippen molar-refractivity contribution in [3.05, 3.63) is 87.0 Å². The first-order chi connectivity index (χ1) is 20.8. The Labute approximate surface area is 263 Å². The van der Waals surface area contributed by atoms with Gasteiger partial charge in [-0.1, -0.05) is 6.07 Å². The van der Waals surface area contributed by atoms with E-state index >= 15 is 0 Å². The molecule has 0 amide bonds. The summed E-state index contributed by atoms with van der Waals surface area (Å²) in [7, 11) is 7.26. The molecule has 0 unspecified atom stereocenters. The van der Waals surface area contributed by atoms with Crippen LogP contribution < -0.4 is 35.0 Å². The number of fused-ring (bicyclic) bond motifs is 1. The van der Waals surface area contributed by atoms with Crippen LogP contribution in [-0.4, -0.2) is 46.1 Å². The van der Waals surface area contributed by atoms with E-state index in [1.54, 1.807) is 59.9 Å². The van der Waals surface area contributed by atoms with Gasteiger partial charge in [-0.15, -0.1) is 23.7 Å². The van der Waals surface area contributed by atoms with E-state index in [1.807, 2.05) is 17.5 Å². The number of ether oxygens (including phenoxy) is 6. The first kappa shape index (κ1) is 32.1. The lowest BCUT2D eigenvalue weighted by atomic mass is 9.95. The van der Waals surface area contributed by atoms with Gasteiger partial charge in [-0.3, -0.25) is 9.36 Å². The molecule has 0 saturated heterocycles. The second kappa shape index (κ2) is 13.6. The molecule has 5 aromatic rings. The molecule has 2 heterocycles. The molecule has 0 atom stereocenters. The van der Waals surface area contributed by atoms with E-state index < -0.39 is 11.5 Å². The van der Waals surface area contributed by atoms with Gasteiger partial charge in [0.2, 0.25) is 5.75 Å². The molecule has 44 heavy (non-hydrogen) atoms. The SMILES string of the molecule is COC(=O)c1c(-c2cc(OC)c(OC)c(OC)c2)c2cc(OC)c(OCc3cccs3)cc2c(=O)n1-c1ccc(N)cc1.Cl. The number of halogens is 1. The van der Waals surface area contributed by atoms with Crippen molar-refractivity contribution in [2.75, 3.05) is 41.3 Å². The summed E-state index contributed by atoms with van der Waals surface area (Å²) in [6, 6.07) is 17.2. The second-order valence-electron chi connectivity index (χ2n) is 9.28. The van der Waals surface area contributed by atoms with E-state index in [-0.39, 0.29) is 30.1 Å². The highest BCUT2D eigenvalue weighted by atomic mass is 35.5. The van der Waals surface area contributed by atoms with Crippen molar-refractivity contribution >= 4 is 46.2 Å². The third kappa shape index (κ3) is 5.84. The van der Waals surface area contributed by atoms with E-state index in [1.165, 1.54) is 40.1 Å². The van der Waals surface area contributed by atoms with E-state index in [2.05, 4.69) is 0 Å². The first-order valence-electron chi connectivity index (χ1n) is 13.1. The van der Waals surface area contributed by atoms with E-state index in [4.69, 9.17) is 34.2 Å². The topological polar surface area (TPSA) is 120 Å². The maximum absolute atomic E-state index is 14.3. The number of rotatable bonds is 10. The Morgan fingerprint density at radius 2 is 1.45 bits per heavy atom. The monoisotopic (exact) mass is 638 g/mol. The Balaban J connectivity index is 0.00000442. The van der Waals surface area contributed by atoms with Gasteiger partial charge in [-0.2, -0.15) is 0 Å². The first-order valence-corrected chi connectivity index (χ1v) is 13.9. The van der Waals surface area contributed by atoms with Gasteiger partial charge in [-0.05, 0) is 65.5 Å². The summed E-state index contributed by atoms with van der Waals surface area (Å²) in [6.45, 7) is 0.283. The maximum Gasteiger partial charge on any atom is 0.355 e. The minimum absolute atomic E-state index is 0. The summed E-state index contributed by atoms with van der Waals surface area (Å²) < 4.78 is 35.1. The van der Waals surface area contributed by atoms with Crippen LogP contribution in [-0.2, 0) is 11.3 Å². The van der Waals surface area contributed by atoms with Gasteiger partial charge in [0.25, 0.3) is 5.56 Å². The number of thiophene rings is 1. The minimum atomic E-state index is -0.739. The van der Waals surface area contributed by atoms with Gasteiger partial charge >= 0.3 is 5.97 Å². The third-order valence-electron chi connectivity index (χ3n) is 6.90. The largest absolute Gasteiger partial charge is 0.493 e. The summed E-state index contributed by atoms with van der Waals surface area (Å²) in [5, 5.41) is 2.65. The van der Waals surface area contributed by atoms with Gasteiger partial charge in [0.05, 0.1) is 40.9 Å². The molecule has 0 aliphatic heterocycles. The highest BCUT2D eigenvalue weighted by molar-refractivity contribution is 7.09. The lowest BCUT2D eigenvalue weighted by Gasteiger charge is -2.21. The molecule has 0 radical (unpaired) electrons. The smallest absolute Gasteiger partial charge is 0.355 e. The number of anilines is 1. The number of pyridine rings is 1. The molecule has 0 bridgehead atoms. The second-order valence-corrected chi connectivity index (χ2v) is 10.3. The van der Waals surface area contributed by atoms with Crippen molar-refractivity contribution < 1.29 is 33.2 Å². The number of hydrogen-bond acceptors (Lipinski definition) is 10. The summed E-state index contributed by atoms with van der Waals surface area (Å²) in [4.78, 5) is 28.9. The molecule has 0 fully saturated rings. The molecule has 5 rings (SSSR count). The Kier molecular flexibility index (Phi) is 9.92. The predicted octanol–water partition coefficient (Wildman–Crippen LogP) is 6.12. The highest BCUT2D eigenvalue weighted by Gasteiger charge is 2.28. The highest BCUT2D eigenvalue weighted by Crippen LogP contribution is 2.45. The molecule has 3 aromatic carbocycles. The van der Waals surface area contributed by atoms with Crippen LogP contribution in [0, 0.1) is 0 Å². The van der Waals surface area contributed by atoms with E-state index in [0.717, 1.165) is 4.88 Å². The fourth-order valence-electron chi connectivity index (χ4n) is 4.90. The zero-order valence-electron chi connectivity index (χ0n) is 24.7. The zero-order chi connectivity index (χ0) is 30.7. The number of benzene rings is 3. The molecule has 230 valence electrons.